The molecule has 0 aliphatic rings. The Morgan fingerprint density at radius 3 is 2.43 bits per heavy atom. The molecule has 30 heavy (non-hydrogen) atoms. The predicted octanol–water partition coefficient (Wildman–Crippen LogP) is 0.720. The number of aliphatic hydroxyl groups is 1. The Balaban J connectivity index is 1.92. The number of hydrogen-bond donors (Lipinski definition) is 2. The van der Waals surface area contributed by atoms with Crippen molar-refractivity contribution in [1.29, 1.82) is 0 Å². The standard InChI is InChI=1S/C20H29N5O5/c1-15(4-5-16-6-8-17(9-7-16)25(29)30)24(12-13-26)11-10-21-18-14-19(27)23(3)20(28)22(18)2/h6-9,14-15,21,26H,4-5,10-13H2,1-3H3. The van der Waals surface area contributed by atoms with Gasteiger partial charge in [0, 0.05) is 58.0 Å². The highest BCUT2D eigenvalue weighted by Gasteiger charge is 2.14. The van der Waals surface area contributed by atoms with Gasteiger partial charge in [0.05, 0.1) is 11.5 Å². The zero-order chi connectivity index (χ0) is 22.3. The third kappa shape index (κ3) is 6.01. The van der Waals surface area contributed by atoms with E-state index in [0.29, 0.717) is 25.5 Å². The third-order valence-electron chi connectivity index (χ3n) is 5.24. The van der Waals surface area contributed by atoms with Crippen LogP contribution < -0.4 is 16.6 Å². The normalized spacial score (nSPS) is 12.2. The number of rotatable bonds is 11. The maximum Gasteiger partial charge on any atom is 0.332 e. The number of benzene rings is 1. The fourth-order valence-corrected chi connectivity index (χ4v) is 3.25. The van der Waals surface area contributed by atoms with Crippen LogP contribution in [-0.2, 0) is 20.5 Å². The number of nitrogens with zero attached hydrogens (tertiary/aromatic N) is 4. The van der Waals surface area contributed by atoms with Gasteiger partial charge in [-0.05, 0) is 25.3 Å². The second kappa shape index (κ2) is 10.7. The van der Waals surface area contributed by atoms with E-state index in [1.807, 2.05) is 0 Å². The summed E-state index contributed by atoms with van der Waals surface area (Å²) in [6.07, 6.45) is 1.58. The Hall–Kier alpha value is -2.98. The number of aryl methyl sites for hydroxylation is 1. The molecule has 1 atom stereocenters. The van der Waals surface area contributed by atoms with Crippen molar-refractivity contribution in [1.82, 2.24) is 14.0 Å². The molecular formula is C20H29N5O5. The molecule has 2 rings (SSSR count). The fourth-order valence-electron chi connectivity index (χ4n) is 3.25. The summed E-state index contributed by atoms with van der Waals surface area (Å²) >= 11 is 0. The number of aliphatic hydroxyl groups excluding tert-OH is 1. The maximum absolute atomic E-state index is 12.0. The molecule has 2 N–H and O–H groups in total. The molecule has 0 fully saturated rings. The molecule has 0 saturated carbocycles. The molecule has 1 heterocycles. The van der Waals surface area contributed by atoms with E-state index in [4.69, 9.17) is 0 Å². The molecule has 0 aliphatic carbocycles. The SMILES string of the molecule is CC(CCc1ccc([N+](=O)[O-])cc1)N(CCO)CCNc1cc(=O)n(C)c(=O)n1C. The van der Waals surface area contributed by atoms with Gasteiger partial charge in [-0.3, -0.25) is 28.9 Å². The van der Waals surface area contributed by atoms with Crippen molar-refractivity contribution in [2.75, 3.05) is 31.6 Å². The van der Waals surface area contributed by atoms with Crippen LogP contribution in [0.3, 0.4) is 0 Å². The van der Waals surface area contributed by atoms with Crippen molar-refractivity contribution in [3.8, 4) is 0 Å². The van der Waals surface area contributed by atoms with Crippen LogP contribution in [0.2, 0.25) is 0 Å². The molecule has 1 aromatic carbocycles. The lowest BCUT2D eigenvalue weighted by Gasteiger charge is -2.29. The number of nitrogens with one attached hydrogen (secondary N) is 1. The van der Waals surface area contributed by atoms with Crippen LogP contribution in [0.1, 0.15) is 18.9 Å². The Labute approximate surface area is 174 Å². The number of nitro groups is 1. The van der Waals surface area contributed by atoms with Gasteiger partial charge in [-0.15, -0.1) is 0 Å². The first-order valence-electron chi connectivity index (χ1n) is 9.83. The Morgan fingerprint density at radius 2 is 1.83 bits per heavy atom. The van der Waals surface area contributed by atoms with Gasteiger partial charge < -0.3 is 10.4 Å². The van der Waals surface area contributed by atoms with Gasteiger partial charge in [-0.25, -0.2) is 4.79 Å². The summed E-state index contributed by atoms with van der Waals surface area (Å²) in [4.78, 5) is 36.3. The van der Waals surface area contributed by atoms with Gasteiger partial charge in [0.15, 0.2) is 0 Å². The average molecular weight is 419 g/mol. The zero-order valence-corrected chi connectivity index (χ0v) is 17.6. The molecule has 0 radical (unpaired) electrons. The van der Waals surface area contributed by atoms with E-state index in [2.05, 4.69) is 17.1 Å². The van der Waals surface area contributed by atoms with E-state index in [9.17, 15) is 24.8 Å². The van der Waals surface area contributed by atoms with Crippen molar-refractivity contribution >= 4 is 11.5 Å². The second-order valence-corrected chi connectivity index (χ2v) is 7.27. The molecule has 10 heteroatoms. The van der Waals surface area contributed by atoms with Gasteiger partial charge in [0.25, 0.3) is 11.2 Å². The minimum atomic E-state index is -0.416. The highest BCUT2D eigenvalue weighted by atomic mass is 16.6. The third-order valence-corrected chi connectivity index (χ3v) is 5.24. The van der Waals surface area contributed by atoms with Gasteiger partial charge >= 0.3 is 5.69 Å². The molecular weight excluding hydrogens is 390 g/mol. The first-order chi connectivity index (χ1) is 14.2. The highest BCUT2D eigenvalue weighted by Crippen LogP contribution is 2.15. The van der Waals surface area contributed by atoms with Crippen molar-refractivity contribution in [3.63, 3.8) is 0 Å². The van der Waals surface area contributed by atoms with E-state index in [0.717, 1.165) is 23.0 Å². The van der Waals surface area contributed by atoms with Crippen LogP contribution in [0.25, 0.3) is 0 Å². The van der Waals surface area contributed by atoms with E-state index in [-0.39, 0.29) is 23.9 Å². The zero-order valence-electron chi connectivity index (χ0n) is 17.6. The van der Waals surface area contributed by atoms with Crippen LogP contribution in [0.15, 0.2) is 39.9 Å². The largest absolute Gasteiger partial charge is 0.395 e. The van der Waals surface area contributed by atoms with E-state index < -0.39 is 10.6 Å². The first kappa shape index (κ1) is 23.3. The molecule has 0 aliphatic heterocycles. The van der Waals surface area contributed by atoms with Gasteiger partial charge in [-0.2, -0.15) is 0 Å². The molecule has 0 spiro atoms. The monoisotopic (exact) mass is 419 g/mol. The summed E-state index contributed by atoms with van der Waals surface area (Å²) in [5.41, 5.74) is 0.326. The molecule has 0 bridgehead atoms. The van der Waals surface area contributed by atoms with Gasteiger partial charge in [-0.1, -0.05) is 12.1 Å². The van der Waals surface area contributed by atoms with Crippen LogP contribution in [0.5, 0.6) is 0 Å². The quantitative estimate of drug-likeness (QED) is 0.406. The average Bonchev–Trinajstić information content (AvgIpc) is 2.73. The summed E-state index contributed by atoms with van der Waals surface area (Å²) in [6.45, 7) is 3.70. The predicted molar refractivity (Wildman–Crippen MR) is 115 cm³/mol. The summed E-state index contributed by atoms with van der Waals surface area (Å²) in [5, 5.41) is 23.3. The lowest BCUT2D eigenvalue weighted by Crippen LogP contribution is -2.40. The summed E-state index contributed by atoms with van der Waals surface area (Å²) in [5.74, 6) is 0.450. The summed E-state index contributed by atoms with van der Waals surface area (Å²) in [7, 11) is 3.03. The first-order valence-corrected chi connectivity index (χ1v) is 9.83. The molecule has 10 nitrogen and oxygen atoms in total. The minimum Gasteiger partial charge on any atom is -0.395 e. The lowest BCUT2D eigenvalue weighted by molar-refractivity contribution is -0.384. The second-order valence-electron chi connectivity index (χ2n) is 7.27. The van der Waals surface area contributed by atoms with Crippen molar-refractivity contribution in [3.05, 3.63) is 66.8 Å². The van der Waals surface area contributed by atoms with Crippen molar-refractivity contribution in [2.24, 2.45) is 14.1 Å². The van der Waals surface area contributed by atoms with E-state index in [1.54, 1.807) is 19.2 Å². The maximum atomic E-state index is 12.0. The molecule has 2 aromatic rings. The smallest absolute Gasteiger partial charge is 0.332 e. The molecule has 164 valence electrons. The topological polar surface area (TPSA) is 123 Å². The highest BCUT2D eigenvalue weighted by molar-refractivity contribution is 5.34. The number of aromatic nitrogens is 2. The molecule has 1 aromatic heterocycles. The summed E-state index contributed by atoms with van der Waals surface area (Å²) in [6, 6.07) is 8.09. The van der Waals surface area contributed by atoms with Gasteiger partial charge in [0.1, 0.15) is 5.82 Å². The lowest BCUT2D eigenvalue weighted by atomic mass is 10.0. The Morgan fingerprint density at radius 1 is 1.17 bits per heavy atom. The number of nitro benzene ring substituents is 1. The Kier molecular flexibility index (Phi) is 8.31. The molecule has 1 unspecified atom stereocenters. The molecule has 0 saturated heterocycles. The van der Waals surface area contributed by atoms with Crippen LogP contribution >= 0.6 is 0 Å². The van der Waals surface area contributed by atoms with E-state index >= 15 is 0 Å². The minimum absolute atomic E-state index is 0.0201. The van der Waals surface area contributed by atoms with Crippen LogP contribution in [0.4, 0.5) is 11.5 Å². The van der Waals surface area contributed by atoms with Crippen LogP contribution in [0, 0.1) is 10.1 Å². The van der Waals surface area contributed by atoms with Crippen molar-refractivity contribution in [2.45, 2.75) is 25.8 Å². The summed E-state index contributed by atoms with van der Waals surface area (Å²) < 4.78 is 2.43. The van der Waals surface area contributed by atoms with Crippen molar-refractivity contribution < 1.29 is 10.0 Å². The van der Waals surface area contributed by atoms with E-state index in [1.165, 1.54) is 29.8 Å². The number of non-ortho nitro benzene ring substituents is 1. The fraction of sp³-hybridized carbons (Fsp3) is 0.500. The number of hydrogen-bond acceptors (Lipinski definition) is 7. The number of anilines is 1. The van der Waals surface area contributed by atoms with Gasteiger partial charge in [0.2, 0.25) is 0 Å². The Bertz CT molecular complexity index is 967. The van der Waals surface area contributed by atoms with Crippen LogP contribution in [-0.4, -0.2) is 56.3 Å². The molecule has 0 amide bonds.